The number of benzene rings is 3. The Balaban J connectivity index is 1.42. The van der Waals surface area contributed by atoms with Gasteiger partial charge in [0.05, 0.1) is 11.6 Å². The van der Waals surface area contributed by atoms with E-state index in [1.165, 1.54) is 0 Å². The predicted molar refractivity (Wildman–Crippen MR) is 142 cm³/mol. The molecule has 0 fully saturated rings. The molecular weight excluding hydrogens is 492 g/mol. The highest BCUT2D eigenvalue weighted by Crippen LogP contribution is 2.26. The smallest absolute Gasteiger partial charge is 0.238 e. The van der Waals surface area contributed by atoms with Gasteiger partial charge < -0.3 is 14.8 Å². The minimum Gasteiger partial charge on any atom is -0.490 e. The number of amides is 1. The van der Waals surface area contributed by atoms with Gasteiger partial charge in [0.1, 0.15) is 29.9 Å². The summed E-state index contributed by atoms with van der Waals surface area (Å²) in [7, 11) is 0. The molecule has 37 heavy (non-hydrogen) atoms. The number of nitrogens with zero attached hydrogens (tertiary/aromatic N) is 4. The number of para-hydroxylation sites is 2. The Morgan fingerprint density at radius 2 is 1.76 bits per heavy atom. The van der Waals surface area contributed by atoms with E-state index in [1.54, 1.807) is 12.1 Å². The molecule has 9 nitrogen and oxygen atoms in total. The predicted octanol–water partition coefficient (Wildman–Crippen LogP) is 5.51. The molecule has 0 spiro atoms. The molecule has 0 aliphatic carbocycles. The third kappa shape index (κ3) is 7.77. The number of nitrogens with one attached hydrogen (secondary N) is 2. The highest BCUT2D eigenvalue weighted by atomic mass is 35.5. The maximum absolute atomic E-state index is 13.1. The normalized spacial score (nSPS) is 11.8. The van der Waals surface area contributed by atoms with Crippen LogP contribution in [0.3, 0.4) is 0 Å². The lowest BCUT2D eigenvalue weighted by Gasteiger charge is -2.29. The Morgan fingerprint density at radius 1 is 1.03 bits per heavy atom. The van der Waals surface area contributed by atoms with Crippen LogP contribution in [0, 0.1) is 0 Å². The van der Waals surface area contributed by atoms with E-state index < -0.39 is 6.04 Å². The van der Waals surface area contributed by atoms with Crippen molar-refractivity contribution in [3.63, 3.8) is 0 Å². The summed E-state index contributed by atoms with van der Waals surface area (Å²) in [6.45, 7) is 3.07. The van der Waals surface area contributed by atoms with Crippen molar-refractivity contribution < 1.29 is 14.3 Å². The number of H-pyrrole nitrogens is 1. The third-order valence-corrected chi connectivity index (χ3v) is 5.91. The summed E-state index contributed by atoms with van der Waals surface area (Å²) in [5.74, 6) is 2.26. The summed E-state index contributed by atoms with van der Waals surface area (Å²) in [6.07, 6.45) is 1.85. The van der Waals surface area contributed by atoms with E-state index in [9.17, 15) is 4.79 Å². The maximum Gasteiger partial charge on any atom is 0.238 e. The Hall–Kier alpha value is -3.95. The second-order valence-corrected chi connectivity index (χ2v) is 8.75. The van der Waals surface area contributed by atoms with Crippen LogP contribution >= 0.6 is 11.6 Å². The van der Waals surface area contributed by atoms with E-state index in [-0.39, 0.29) is 19.1 Å². The largest absolute Gasteiger partial charge is 0.490 e. The van der Waals surface area contributed by atoms with Gasteiger partial charge in [0.25, 0.3) is 0 Å². The van der Waals surface area contributed by atoms with Crippen LogP contribution in [0.15, 0.2) is 78.9 Å². The van der Waals surface area contributed by atoms with Crippen LogP contribution in [0.1, 0.15) is 31.6 Å². The molecule has 1 heterocycles. The number of carbonyl (C=O) groups is 1. The number of carbonyl (C=O) groups excluding carboxylic acids is 1. The summed E-state index contributed by atoms with van der Waals surface area (Å²) in [5, 5.41) is 18.0. The Bertz CT molecular complexity index is 1240. The standard InChI is InChI=1S/C27H29ClN6O3/c1-2-3-17-34(24(27-30-32-33-31-27)19-36-25-12-8-7-11-23(25)28)18-26(35)29-20-13-15-22(16-14-20)37-21-9-5-4-6-10-21/h4-16,24H,2-3,17-19H2,1H3,(H,29,35)(H,30,31,32,33). The number of rotatable bonds is 13. The van der Waals surface area contributed by atoms with Crippen LogP contribution in [0.25, 0.3) is 0 Å². The van der Waals surface area contributed by atoms with Gasteiger partial charge in [-0.15, -0.1) is 10.2 Å². The van der Waals surface area contributed by atoms with Gasteiger partial charge in [0.2, 0.25) is 5.91 Å². The first-order valence-electron chi connectivity index (χ1n) is 12.1. The van der Waals surface area contributed by atoms with Gasteiger partial charge in [0, 0.05) is 5.69 Å². The number of anilines is 1. The van der Waals surface area contributed by atoms with Crippen LogP contribution in [0.2, 0.25) is 5.02 Å². The van der Waals surface area contributed by atoms with Gasteiger partial charge in [-0.2, -0.15) is 5.21 Å². The van der Waals surface area contributed by atoms with E-state index in [0.29, 0.717) is 34.6 Å². The van der Waals surface area contributed by atoms with Gasteiger partial charge in [-0.25, -0.2) is 0 Å². The highest BCUT2D eigenvalue weighted by Gasteiger charge is 2.27. The summed E-state index contributed by atoms with van der Waals surface area (Å²) in [6, 6.07) is 23.6. The Labute approximate surface area is 220 Å². The van der Waals surface area contributed by atoms with E-state index in [0.717, 1.165) is 18.6 Å². The molecule has 0 bridgehead atoms. The molecule has 1 atom stereocenters. The summed E-state index contributed by atoms with van der Waals surface area (Å²) < 4.78 is 11.8. The van der Waals surface area contributed by atoms with E-state index >= 15 is 0 Å². The molecule has 4 aromatic rings. The molecule has 1 unspecified atom stereocenters. The van der Waals surface area contributed by atoms with E-state index in [4.69, 9.17) is 21.1 Å². The van der Waals surface area contributed by atoms with Crippen molar-refractivity contribution in [2.24, 2.45) is 0 Å². The number of hydrogen-bond donors (Lipinski definition) is 2. The molecule has 0 saturated heterocycles. The molecule has 0 radical (unpaired) electrons. The van der Waals surface area contributed by atoms with Crippen molar-refractivity contribution in [1.29, 1.82) is 0 Å². The molecule has 1 aromatic heterocycles. The number of aromatic amines is 1. The zero-order chi connectivity index (χ0) is 25.9. The Morgan fingerprint density at radius 3 is 2.46 bits per heavy atom. The first-order chi connectivity index (χ1) is 18.1. The van der Waals surface area contributed by atoms with Crippen molar-refractivity contribution in [3.8, 4) is 17.2 Å². The average molecular weight is 521 g/mol. The topological polar surface area (TPSA) is 105 Å². The van der Waals surface area contributed by atoms with Gasteiger partial charge in [-0.1, -0.05) is 60.5 Å². The van der Waals surface area contributed by atoms with Crippen LogP contribution < -0.4 is 14.8 Å². The fraction of sp³-hybridized carbons (Fsp3) is 0.259. The quantitative estimate of drug-likeness (QED) is 0.239. The summed E-state index contributed by atoms with van der Waals surface area (Å²) >= 11 is 6.27. The number of aromatic nitrogens is 4. The van der Waals surface area contributed by atoms with Crippen molar-refractivity contribution in [3.05, 3.63) is 89.7 Å². The summed E-state index contributed by atoms with van der Waals surface area (Å²) in [4.78, 5) is 15.0. The zero-order valence-electron chi connectivity index (χ0n) is 20.5. The molecule has 192 valence electrons. The molecular formula is C27H29ClN6O3. The monoisotopic (exact) mass is 520 g/mol. The first kappa shape index (κ1) is 26.1. The second kappa shape index (κ2) is 13.4. The van der Waals surface area contributed by atoms with Crippen LogP contribution in [0.5, 0.6) is 17.2 Å². The van der Waals surface area contributed by atoms with E-state index in [2.05, 4.69) is 32.9 Å². The van der Waals surface area contributed by atoms with Gasteiger partial charge in [-0.05, 0) is 61.5 Å². The number of ether oxygens (including phenoxy) is 2. The fourth-order valence-corrected chi connectivity index (χ4v) is 3.90. The third-order valence-electron chi connectivity index (χ3n) is 5.60. The Kier molecular flexibility index (Phi) is 9.45. The lowest BCUT2D eigenvalue weighted by Crippen LogP contribution is -2.40. The fourth-order valence-electron chi connectivity index (χ4n) is 3.71. The minimum atomic E-state index is -0.408. The van der Waals surface area contributed by atoms with Gasteiger partial charge >= 0.3 is 0 Å². The SMILES string of the molecule is CCCCN(CC(=O)Nc1ccc(Oc2ccccc2)cc1)C(COc1ccccc1Cl)c1nn[nH]n1. The molecule has 2 N–H and O–H groups in total. The van der Waals surface area contributed by atoms with Crippen LogP contribution in [0.4, 0.5) is 5.69 Å². The van der Waals surface area contributed by atoms with Gasteiger partial charge in [-0.3, -0.25) is 9.69 Å². The maximum atomic E-state index is 13.1. The van der Waals surface area contributed by atoms with E-state index in [1.807, 2.05) is 71.6 Å². The van der Waals surface area contributed by atoms with Gasteiger partial charge in [0.15, 0.2) is 5.82 Å². The molecule has 0 aliphatic rings. The molecule has 0 aliphatic heterocycles. The van der Waals surface area contributed by atoms with Crippen molar-refractivity contribution in [2.45, 2.75) is 25.8 Å². The zero-order valence-corrected chi connectivity index (χ0v) is 21.3. The molecule has 1 amide bonds. The highest BCUT2D eigenvalue weighted by molar-refractivity contribution is 6.32. The number of tetrazole rings is 1. The van der Waals surface area contributed by atoms with Crippen LogP contribution in [-0.4, -0.2) is 51.1 Å². The average Bonchev–Trinajstić information content (AvgIpc) is 3.45. The molecule has 4 rings (SSSR count). The van der Waals surface area contributed by atoms with Crippen LogP contribution in [-0.2, 0) is 4.79 Å². The first-order valence-corrected chi connectivity index (χ1v) is 12.5. The van der Waals surface area contributed by atoms with Crippen molar-refractivity contribution in [1.82, 2.24) is 25.5 Å². The molecule has 10 heteroatoms. The molecule has 0 saturated carbocycles. The minimum absolute atomic E-state index is 0.118. The number of halogens is 1. The molecule has 3 aromatic carbocycles. The second-order valence-electron chi connectivity index (χ2n) is 8.34. The van der Waals surface area contributed by atoms with Crippen molar-refractivity contribution in [2.75, 3.05) is 25.0 Å². The lowest BCUT2D eigenvalue weighted by molar-refractivity contribution is -0.118. The summed E-state index contributed by atoms with van der Waals surface area (Å²) in [5.41, 5.74) is 0.671. The lowest BCUT2D eigenvalue weighted by atomic mass is 10.2. The number of unbranched alkanes of at least 4 members (excludes halogenated alkanes) is 1. The number of hydrogen-bond acceptors (Lipinski definition) is 7. The van der Waals surface area contributed by atoms with Crippen molar-refractivity contribution >= 4 is 23.2 Å².